The third kappa shape index (κ3) is 9.62. The van der Waals surface area contributed by atoms with Gasteiger partial charge in [0, 0.05) is 6.42 Å². The van der Waals surface area contributed by atoms with E-state index in [9.17, 15) is 24.5 Å². The Kier molecular flexibility index (Phi) is 8.39. The summed E-state index contributed by atoms with van der Waals surface area (Å²) in [6.07, 6.45) is 0.607. The number of amides is 1. The molecule has 1 atom stereocenters. The Morgan fingerprint density at radius 1 is 1.20 bits per heavy atom. The predicted octanol–water partition coefficient (Wildman–Crippen LogP) is -0.201. The lowest BCUT2D eigenvalue weighted by Gasteiger charge is -2.12. The highest BCUT2D eigenvalue weighted by molar-refractivity contribution is 5.86. The zero-order valence-corrected chi connectivity index (χ0v) is 10.6. The van der Waals surface area contributed by atoms with Crippen molar-refractivity contribution in [3.05, 3.63) is 10.1 Å². The number of nitrogens with one attached hydrogen (secondary N) is 1. The molecule has 114 valence electrons. The summed E-state index contributed by atoms with van der Waals surface area (Å²) in [6.45, 7) is -0.0641. The number of unbranched alkanes of at least 4 members (excludes halogenated alkanes) is 2. The van der Waals surface area contributed by atoms with Crippen molar-refractivity contribution in [1.82, 2.24) is 5.32 Å². The average molecular weight is 292 g/mol. The first-order valence-electron chi connectivity index (χ1n) is 5.84. The number of carboxylic acid groups (broad SMARTS) is 2. The van der Waals surface area contributed by atoms with Crippen molar-refractivity contribution in [1.29, 1.82) is 0 Å². The van der Waals surface area contributed by atoms with E-state index in [0.29, 0.717) is 19.3 Å². The Labute approximate surface area is 113 Å². The molecule has 0 radical (unpaired) electrons. The van der Waals surface area contributed by atoms with Crippen molar-refractivity contribution < 1.29 is 34.5 Å². The van der Waals surface area contributed by atoms with Crippen LogP contribution in [-0.2, 0) is 19.2 Å². The minimum Gasteiger partial charge on any atom is -0.481 e. The summed E-state index contributed by atoms with van der Waals surface area (Å²) in [4.78, 5) is 46.4. The Morgan fingerprint density at radius 3 is 2.35 bits per heavy atom. The monoisotopic (exact) mass is 292 g/mol. The van der Waals surface area contributed by atoms with Gasteiger partial charge in [-0.05, 0) is 12.8 Å². The average Bonchev–Trinajstić information content (AvgIpc) is 2.31. The number of carbonyl (C=O) groups is 3. The van der Waals surface area contributed by atoms with Crippen LogP contribution in [-0.4, -0.2) is 45.8 Å². The van der Waals surface area contributed by atoms with Crippen molar-refractivity contribution in [2.75, 3.05) is 6.61 Å². The molecule has 1 unspecified atom stereocenters. The van der Waals surface area contributed by atoms with Gasteiger partial charge in [-0.3, -0.25) is 9.59 Å². The Bertz CT molecular complexity index is 370. The fourth-order valence-electron chi connectivity index (χ4n) is 1.34. The SMILES string of the molecule is O=C(O)CC(NC(=O)CCCCCO[N+](=O)[O-])C(=O)O. The smallest absolute Gasteiger partial charge is 0.326 e. The number of hydrogen-bond donors (Lipinski definition) is 3. The summed E-state index contributed by atoms with van der Waals surface area (Å²) >= 11 is 0. The van der Waals surface area contributed by atoms with Gasteiger partial charge in [-0.15, -0.1) is 10.1 Å². The number of rotatable bonds is 11. The van der Waals surface area contributed by atoms with E-state index in [1.807, 2.05) is 0 Å². The molecule has 0 aromatic carbocycles. The van der Waals surface area contributed by atoms with Crippen molar-refractivity contribution >= 4 is 17.8 Å². The first kappa shape index (κ1) is 17.6. The third-order valence-electron chi connectivity index (χ3n) is 2.26. The van der Waals surface area contributed by atoms with E-state index in [0.717, 1.165) is 0 Å². The van der Waals surface area contributed by atoms with Gasteiger partial charge in [0.15, 0.2) is 0 Å². The molecule has 20 heavy (non-hydrogen) atoms. The maximum atomic E-state index is 11.4. The van der Waals surface area contributed by atoms with E-state index >= 15 is 0 Å². The molecular weight excluding hydrogens is 276 g/mol. The standard InChI is InChI=1S/C10H16N2O8/c13-8(4-2-1-3-5-20-12(18)19)11-7(10(16)17)6-9(14)15/h7H,1-6H2,(H,11,13)(H,14,15)(H,16,17). The van der Waals surface area contributed by atoms with Gasteiger partial charge in [0.1, 0.15) is 6.04 Å². The van der Waals surface area contributed by atoms with Crippen LogP contribution in [0, 0.1) is 10.1 Å². The lowest BCUT2D eigenvalue weighted by molar-refractivity contribution is -0.757. The number of carboxylic acids is 2. The molecule has 1 amide bonds. The van der Waals surface area contributed by atoms with Crippen molar-refractivity contribution in [2.24, 2.45) is 0 Å². The highest BCUT2D eigenvalue weighted by Gasteiger charge is 2.22. The number of nitrogens with zero attached hydrogens (tertiary/aromatic N) is 1. The lowest BCUT2D eigenvalue weighted by Crippen LogP contribution is -2.42. The molecule has 0 saturated heterocycles. The van der Waals surface area contributed by atoms with Crippen molar-refractivity contribution in [3.63, 3.8) is 0 Å². The maximum absolute atomic E-state index is 11.4. The normalized spacial score (nSPS) is 11.4. The molecule has 10 nitrogen and oxygen atoms in total. The maximum Gasteiger partial charge on any atom is 0.326 e. The second-order valence-electron chi connectivity index (χ2n) is 3.92. The second-order valence-corrected chi connectivity index (χ2v) is 3.92. The van der Waals surface area contributed by atoms with Crippen LogP contribution in [0.4, 0.5) is 0 Å². The molecule has 0 saturated carbocycles. The zero-order valence-electron chi connectivity index (χ0n) is 10.6. The summed E-state index contributed by atoms with van der Waals surface area (Å²) in [7, 11) is 0. The predicted molar refractivity (Wildman–Crippen MR) is 63.2 cm³/mol. The molecule has 3 N–H and O–H groups in total. The molecule has 0 spiro atoms. The van der Waals surface area contributed by atoms with Crippen molar-refractivity contribution in [3.8, 4) is 0 Å². The van der Waals surface area contributed by atoms with E-state index in [2.05, 4.69) is 10.2 Å². The van der Waals surface area contributed by atoms with Crippen LogP contribution in [0.1, 0.15) is 32.1 Å². The van der Waals surface area contributed by atoms with E-state index in [1.54, 1.807) is 0 Å². The van der Waals surface area contributed by atoms with E-state index in [4.69, 9.17) is 10.2 Å². The van der Waals surface area contributed by atoms with Crippen LogP contribution < -0.4 is 5.32 Å². The lowest BCUT2D eigenvalue weighted by atomic mass is 10.1. The summed E-state index contributed by atoms with van der Waals surface area (Å²) < 4.78 is 0. The second kappa shape index (κ2) is 9.53. The Balaban J connectivity index is 3.82. The minimum absolute atomic E-state index is 0.0157. The minimum atomic E-state index is -1.46. The molecule has 0 rings (SSSR count). The molecule has 10 heteroatoms. The molecule has 0 aliphatic heterocycles. The van der Waals surface area contributed by atoms with Gasteiger partial charge in [-0.25, -0.2) is 4.79 Å². The molecule has 0 aromatic heterocycles. The summed E-state index contributed by atoms with van der Waals surface area (Å²) in [6, 6.07) is -1.46. The number of hydrogen-bond acceptors (Lipinski definition) is 6. The first-order chi connectivity index (χ1) is 9.32. The van der Waals surface area contributed by atoms with Gasteiger partial charge in [0.05, 0.1) is 13.0 Å². The fraction of sp³-hybridized carbons (Fsp3) is 0.700. The summed E-state index contributed by atoms with van der Waals surface area (Å²) in [5.41, 5.74) is 0. The van der Waals surface area contributed by atoms with Crippen LogP contribution in [0.5, 0.6) is 0 Å². The molecular formula is C10H16N2O8. The quantitative estimate of drug-likeness (QED) is 0.268. The van der Waals surface area contributed by atoms with Crippen LogP contribution in [0.2, 0.25) is 0 Å². The highest BCUT2D eigenvalue weighted by Crippen LogP contribution is 2.02. The van der Waals surface area contributed by atoms with Crippen molar-refractivity contribution in [2.45, 2.75) is 38.1 Å². The van der Waals surface area contributed by atoms with Gasteiger partial charge in [-0.2, -0.15) is 0 Å². The Morgan fingerprint density at radius 2 is 1.85 bits per heavy atom. The van der Waals surface area contributed by atoms with E-state index < -0.39 is 35.4 Å². The van der Waals surface area contributed by atoms with E-state index in [-0.39, 0.29) is 13.0 Å². The van der Waals surface area contributed by atoms with E-state index in [1.165, 1.54) is 0 Å². The van der Waals surface area contributed by atoms with Gasteiger partial charge < -0.3 is 20.4 Å². The van der Waals surface area contributed by atoms with Gasteiger partial charge in [0.25, 0.3) is 5.09 Å². The number of aliphatic carboxylic acids is 2. The molecule has 0 heterocycles. The molecule has 0 bridgehead atoms. The number of carbonyl (C=O) groups excluding carboxylic acids is 1. The zero-order chi connectivity index (χ0) is 15.5. The van der Waals surface area contributed by atoms with Crippen LogP contribution in [0.25, 0.3) is 0 Å². The molecule has 0 aliphatic rings. The van der Waals surface area contributed by atoms with Gasteiger partial charge >= 0.3 is 11.9 Å². The highest BCUT2D eigenvalue weighted by atomic mass is 16.9. The fourth-order valence-corrected chi connectivity index (χ4v) is 1.34. The van der Waals surface area contributed by atoms with Crippen LogP contribution in [0.3, 0.4) is 0 Å². The summed E-state index contributed by atoms with van der Waals surface area (Å²) in [5, 5.41) is 28.2. The largest absolute Gasteiger partial charge is 0.481 e. The topological polar surface area (TPSA) is 156 Å². The molecule has 0 aliphatic carbocycles. The van der Waals surface area contributed by atoms with Crippen LogP contribution >= 0.6 is 0 Å². The molecule has 0 fully saturated rings. The van der Waals surface area contributed by atoms with Gasteiger partial charge in [0.2, 0.25) is 5.91 Å². The van der Waals surface area contributed by atoms with Gasteiger partial charge in [-0.1, -0.05) is 6.42 Å². The first-order valence-corrected chi connectivity index (χ1v) is 5.84. The Hall–Kier alpha value is -2.39. The molecule has 0 aromatic rings. The van der Waals surface area contributed by atoms with Crippen LogP contribution in [0.15, 0.2) is 0 Å². The summed E-state index contributed by atoms with van der Waals surface area (Å²) in [5.74, 6) is -3.32. The third-order valence-corrected chi connectivity index (χ3v) is 2.26.